The van der Waals surface area contributed by atoms with Crippen LogP contribution in [0.3, 0.4) is 0 Å². The summed E-state index contributed by atoms with van der Waals surface area (Å²) < 4.78 is 4.96. The molecule has 112 valence electrons. The Hall–Kier alpha value is -0.610. The van der Waals surface area contributed by atoms with Crippen molar-refractivity contribution in [2.45, 2.75) is 71.0 Å². The molecule has 4 heteroatoms. The summed E-state index contributed by atoms with van der Waals surface area (Å²) in [4.78, 5) is 14.5. The smallest absolute Gasteiger partial charge is 0.325 e. The van der Waals surface area contributed by atoms with Gasteiger partial charge < -0.3 is 9.64 Å². The van der Waals surface area contributed by atoms with Gasteiger partial charge in [-0.15, -0.1) is 0 Å². The maximum absolute atomic E-state index is 12.0. The van der Waals surface area contributed by atoms with Crippen LogP contribution in [0.5, 0.6) is 0 Å². The van der Waals surface area contributed by atoms with Crippen LogP contribution in [0.4, 0.5) is 0 Å². The number of methoxy groups -OCH3 is 1. The van der Waals surface area contributed by atoms with Crippen LogP contribution in [0.1, 0.15) is 53.4 Å². The molecule has 0 aromatic carbocycles. The molecule has 0 spiro atoms. The van der Waals surface area contributed by atoms with Crippen molar-refractivity contribution in [2.24, 2.45) is 0 Å². The summed E-state index contributed by atoms with van der Waals surface area (Å²) in [6.07, 6.45) is 4.58. The van der Waals surface area contributed by atoms with Crippen molar-refractivity contribution in [1.29, 1.82) is 0 Å². The minimum Gasteiger partial charge on any atom is -0.468 e. The summed E-state index contributed by atoms with van der Waals surface area (Å²) in [7, 11) is 1.47. The summed E-state index contributed by atoms with van der Waals surface area (Å²) in [5, 5.41) is 3.36. The zero-order chi connectivity index (χ0) is 14.5. The third-order valence-corrected chi connectivity index (χ3v) is 4.11. The van der Waals surface area contributed by atoms with E-state index in [1.165, 1.54) is 26.4 Å². The molecule has 0 radical (unpaired) electrons. The van der Waals surface area contributed by atoms with Gasteiger partial charge in [-0.3, -0.25) is 10.1 Å². The Kier molecular flexibility index (Phi) is 6.27. The largest absolute Gasteiger partial charge is 0.468 e. The van der Waals surface area contributed by atoms with Crippen molar-refractivity contribution in [3.05, 3.63) is 0 Å². The molecule has 0 bridgehead atoms. The van der Waals surface area contributed by atoms with Crippen molar-refractivity contribution in [3.8, 4) is 0 Å². The van der Waals surface area contributed by atoms with Gasteiger partial charge in [0.05, 0.1) is 7.11 Å². The number of nitrogens with zero attached hydrogens (tertiary/aromatic N) is 1. The monoisotopic (exact) mass is 270 g/mol. The van der Waals surface area contributed by atoms with E-state index in [1.807, 2.05) is 6.92 Å². The van der Waals surface area contributed by atoms with Crippen LogP contribution in [0, 0.1) is 0 Å². The Bertz CT molecular complexity index is 294. The lowest BCUT2D eigenvalue weighted by atomic mass is 9.96. The number of carbonyl (C=O) groups excluding carboxylic acids is 1. The standard InChI is InChI=1S/C15H30N2O2/c1-6-13-8-7-10-17(13)11-9-15(4,14(18)19-5)16-12(2)3/h12-13,16H,6-11H2,1-5H3. The molecule has 1 saturated heterocycles. The Morgan fingerprint density at radius 2 is 2.21 bits per heavy atom. The van der Waals surface area contributed by atoms with Crippen LogP contribution in [-0.4, -0.2) is 48.7 Å². The Morgan fingerprint density at radius 1 is 1.53 bits per heavy atom. The van der Waals surface area contributed by atoms with E-state index < -0.39 is 5.54 Å². The average Bonchev–Trinajstić information content (AvgIpc) is 2.82. The third kappa shape index (κ3) is 4.46. The molecule has 1 aliphatic heterocycles. The second-order valence-electron chi connectivity index (χ2n) is 6.11. The lowest BCUT2D eigenvalue weighted by Gasteiger charge is -2.33. The highest BCUT2D eigenvalue weighted by Gasteiger charge is 2.36. The molecule has 2 atom stereocenters. The van der Waals surface area contributed by atoms with E-state index in [0.29, 0.717) is 6.04 Å². The first-order chi connectivity index (χ1) is 8.92. The van der Waals surface area contributed by atoms with Crippen LogP contribution in [0.2, 0.25) is 0 Å². The predicted octanol–water partition coefficient (Wildman–Crippen LogP) is 2.18. The maximum Gasteiger partial charge on any atom is 0.325 e. The van der Waals surface area contributed by atoms with Gasteiger partial charge in [0.2, 0.25) is 0 Å². The van der Waals surface area contributed by atoms with Crippen molar-refractivity contribution in [3.63, 3.8) is 0 Å². The molecule has 0 aliphatic carbocycles. The first-order valence-corrected chi connectivity index (χ1v) is 7.53. The number of hydrogen-bond donors (Lipinski definition) is 1. The topological polar surface area (TPSA) is 41.6 Å². The summed E-state index contributed by atoms with van der Waals surface area (Å²) in [6, 6.07) is 0.964. The minimum atomic E-state index is -0.580. The molecule has 2 unspecified atom stereocenters. The number of ether oxygens (including phenoxy) is 1. The molecule has 1 heterocycles. The molecule has 0 aromatic rings. The van der Waals surface area contributed by atoms with Gasteiger partial charge in [0.15, 0.2) is 0 Å². The molecular weight excluding hydrogens is 240 g/mol. The normalized spacial score (nSPS) is 23.6. The van der Waals surface area contributed by atoms with Crippen LogP contribution in [0.15, 0.2) is 0 Å². The minimum absolute atomic E-state index is 0.159. The van der Waals surface area contributed by atoms with Crippen molar-refractivity contribution in [1.82, 2.24) is 10.2 Å². The quantitative estimate of drug-likeness (QED) is 0.720. The van der Waals surface area contributed by atoms with Gasteiger partial charge in [0.1, 0.15) is 5.54 Å². The first kappa shape index (κ1) is 16.4. The highest BCUT2D eigenvalue weighted by atomic mass is 16.5. The fraction of sp³-hybridized carbons (Fsp3) is 0.933. The van der Waals surface area contributed by atoms with Gasteiger partial charge >= 0.3 is 5.97 Å². The summed E-state index contributed by atoms with van der Waals surface area (Å²) in [5.74, 6) is -0.159. The Balaban J connectivity index is 2.60. The maximum atomic E-state index is 12.0. The molecule has 1 fully saturated rings. The number of rotatable bonds is 7. The lowest BCUT2D eigenvalue weighted by Crippen LogP contribution is -2.54. The Labute approximate surface area is 117 Å². The highest BCUT2D eigenvalue weighted by molar-refractivity contribution is 5.80. The second-order valence-corrected chi connectivity index (χ2v) is 6.11. The summed E-state index contributed by atoms with van der Waals surface area (Å²) in [6.45, 7) is 10.4. The average molecular weight is 270 g/mol. The third-order valence-electron chi connectivity index (χ3n) is 4.11. The van der Waals surface area contributed by atoms with E-state index in [-0.39, 0.29) is 12.0 Å². The molecule has 1 aliphatic rings. The zero-order valence-corrected chi connectivity index (χ0v) is 13.2. The van der Waals surface area contributed by atoms with Gasteiger partial charge in [0.25, 0.3) is 0 Å². The molecule has 19 heavy (non-hydrogen) atoms. The zero-order valence-electron chi connectivity index (χ0n) is 13.2. The van der Waals surface area contributed by atoms with Gasteiger partial charge in [-0.05, 0) is 53.0 Å². The van der Waals surface area contributed by atoms with Crippen molar-refractivity contribution < 1.29 is 9.53 Å². The SMILES string of the molecule is CCC1CCCN1CCC(C)(NC(C)C)C(=O)OC. The van der Waals surface area contributed by atoms with E-state index in [2.05, 4.69) is 31.0 Å². The van der Waals surface area contributed by atoms with Crippen molar-refractivity contribution in [2.75, 3.05) is 20.2 Å². The van der Waals surface area contributed by atoms with Gasteiger partial charge in [-0.1, -0.05) is 6.92 Å². The van der Waals surface area contributed by atoms with Crippen LogP contribution in [0.25, 0.3) is 0 Å². The number of hydrogen-bond acceptors (Lipinski definition) is 4. The van der Waals surface area contributed by atoms with E-state index in [0.717, 1.165) is 19.5 Å². The fourth-order valence-electron chi connectivity index (χ4n) is 3.11. The molecule has 0 aromatic heterocycles. The van der Waals surface area contributed by atoms with Gasteiger partial charge in [0, 0.05) is 18.6 Å². The predicted molar refractivity (Wildman–Crippen MR) is 78.2 cm³/mol. The van der Waals surface area contributed by atoms with Crippen LogP contribution < -0.4 is 5.32 Å². The van der Waals surface area contributed by atoms with Gasteiger partial charge in [-0.25, -0.2) is 0 Å². The van der Waals surface area contributed by atoms with Crippen molar-refractivity contribution >= 4 is 5.97 Å². The lowest BCUT2D eigenvalue weighted by molar-refractivity contribution is -0.148. The number of esters is 1. The number of carbonyl (C=O) groups is 1. The fourth-order valence-corrected chi connectivity index (χ4v) is 3.11. The first-order valence-electron chi connectivity index (χ1n) is 7.53. The summed E-state index contributed by atoms with van der Waals surface area (Å²) in [5.41, 5.74) is -0.580. The van der Waals surface area contributed by atoms with Gasteiger partial charge in [-0.2, -0.15) is 0 Å². The molecule has 1 N–H and O–H groups in total. The molecule has 4 nitrogen and oxygen atoms in total. The Morgan fingerprint density at radius 3 is 2.74 bits per heavy atom. The molecule has 1 rings (SSSR count). The van der Waals surface area contributed by atoms with Crippen LogP contribution >= 0.6 is 0 Å². The number of likely N-dealkylation sites (tertiary alicyclic amines) is 1. The summed E-state index contributed by atoms with van der Waals surface area (Å²) >= 11 is 0. The molecular formula is C15H30N2O2. The molecule has 0 saturated carbocycles. The second kappa shape index (κ2) is 7.25. The van der Waals surface area contributed by atoms with E-state index in [9.17, 15) is 4.79 Å². The van der Waals surface area contributed by atoms with E-state index >= 15 is 0 Å². The molecule has 0 amide bonds. The number of nitrogens with one attached hydrogen (secondary N) is 1. The highest BCUT2D eigenvalue weighted by Crippen LogP contribution is 2.22. The van der Waals surface area contributed by atoms with E-state index in [1.54, 1.807) is 0 Å². The van der Waals surface area contributed by atoms with E-state index in [4.69, 9.17) is 4.74 Å². The van der Waals surface area contributed by atoms with Crippen LogP contribution in [-0.2, 0) is 9.53 Å².